The lowest BCUT2D eigenvalue weighted by Crippen LogP contribution is -2.56. The van der Waals surface area contributed by atoms with Crippen LogP contribution in [-0.4, -0.2) is 53.1 Å². The highest BCUT2D eigenvalue weighted by Crippen LogP contribution is 2.37. The predicted molar refractivity (Wildman–Crippen MR) is 82.8 cm³/mol. The zero-order valence-electron chi connectivity index (χ0n) is 12.4. The average Bonchev–Trinajstić information content (AvgIpc) is 2.68. The number of hydrogen-bond donors (Lipinski definition) is 0. The maximum atomic E-state index is 12.2. The second-order valence-corrected chi connectivity index (χ2v) is 6.77. The molecule has 114 valence electrons. The van der Waals surface area contributed by atoms with E-state index in [4.69, 9.17) is 0 Å². The third-order valence-electron chi connectivity index (χ3n) is 4.71. The molecule has 2 fully saturated rings. The van der Waals surface area contributed by atoms with Crippen LogP contribution in [0.15, 0.2) is 0 Å². The van der Waals surface area contributed by atoms with Crippen LogP contribution in [0.4, 0.5) is 0 Å². The van der Waals surface area contributed by atoms with Crippen LogP contribution in [0.25, 0.3) is 0 Å². The van der Waals surface area contributed by atoms with E-state index in [1.807, 2.05) is 6.92 Å². The first-order chi connectivity index (χ1) is 9.60. The Balaban J connectivity index is 2.03. The van der Waals surface area contributed by atoms with Crippen LogP contribution >= 0.6 is 15.9 Å². The van der Waals surface area contributed by atoms with E-state index in [1.54, 1.807) is 9.80 Å². The highest BCUT2D eigenvalue weighted by molar-refractivity contribution is 9.09. The number of likely N-dealkylation sites (N-methyl/N-ethyl adjacent to an activating group) is 1. The lowest BCUT2D eigenvalue weighted by atomic mass is 9.81. The van der Waals surface area contributed by atoms with Gasteiger partial charge in [0.2, 0.25) is 11.8 Å². The van der Waals surface area contributed by atoms with Crippen molar-refractivity contribution in [3.63, 3.8) is 0 Å². The molecule has 0 atom stereocenters. The van der Waals surface area contributed by atoms with Crippen LogP contribution in [0.5, 0.6) is 0 Å². The molecule has 1 saturated carbocycles. The monoisotopic (exact) mass is 344 g/mol. The number of nitrogens with zero attached hydrogens (tertiary/aromatic N) is 2. The van der Waals surface area contributed by atoms with E-state index in [1.165, 1.54) is 25.7 Å². The van der Waals surface area contributed by atoms with Gasteiger partial charge in [-0.3, -0.25) is 9.59 Å². The molecule has 0 N–H and O–H groups in total. The third kappa shape index (κ3) is 3.54. The van der Waals surface area contributed by atoms with E-state index in [0.717, 1.165) is 24.7 Å². The van der Waals surface area contributed by atoms with Crippen LogP contribution < -0.4 is 0 Å². The summed E-state index contributed by atoms with van der Waals surface area (Å²) in [5.41, 5.74) is 0.167. The van der Waals surface area contributed by atoms with E-state index < -0.39 is 0 Å². The molecule has 1 saturated heterocycles. The fraction of sp³-hybridized carbons (Fsp3) is 0.867. The van der Waals surface area contributed by atoms with Gasteiger partial charge in [0.05, 0.1) is 13.1 Å². The third-order valence-corrected chi connectivity index (χ3v) is 5.90. The van der Waals surface area contributed by atoms with Crippen molar-refractivity contribution >= 4 is 27.7 Å². The van der Waals surface area contributed by atoms with E-state index in [9.17, 15) is 9.59 Å². The Morgan fingerprint density at radius 2 is 1.55 bits per heavy atom. The van der Waals surface area contributed by atoms with E-state index in [0.29, 0.717) is 6.54 Å². The van der Waals surface area contributed by atoms with Crippen molar-refractivity contribution in [2.45, 2.75) is 45.4 Å². The molecule has 20 heavy (non-hydrogen) atoms. The quantitative estimate of drug-likeness (QED) is 0.580. The zero-order valence-corrected chi connectivity index (χ0v) is 14.0. The summed E-state index contributed by atoms with van der Waals surface area (Å²) < 4.78 is 0. The molecule has 2 rings (SSSR count). The molecular weight excluding hydrogens is 320 g/mol. The van der Waals surface area contributed by atoms with Crippen molar-refractivity contribution in [3.05, 3.63) is 0 Å². The van der Waals surface area contributed by atoms with Gasteiger partial charge in [0.1, 0.15) is 0 Å². The normalized spacial score (nSPS) is 23.9. The van der Waals surface area contributed by atoms with Crippen LogP contribution in [-0.2, 0) is 9.59 Å². The van der Waals surface area contributed by atoms with E-state index in [-0.39, 0.29) is 30.3 Å². The molecule has 0 bridgehead atoms. The molecule has 0 spiro atoms. The van der Waals surface area contributed by atoms with Gasteiger partial charge in [-0.25, -0.2) is 0 Å². The molecular formula is C15H25BrN2O2. The molecule has 0 aromatic heterocycles. The van der Waals surface area contributed by atoms with Gasteiger partial charge in [-0.1, -0.05) is 41.6 Å². The standard InChI is InChI=1S/C15H25BrN2O2/c1-2-17-9-14(20)18(10-13(17)19)12-15(11-16)7-5-3-4-6-8-15/h2-12H2,1H3. The lowest BCUT2D eigenvalue weighted by molar-refractivity contribution is -0.151. The number of hydrogen-bond acceptors (Lipinski definition) is 2. The Kier molecular flexibility index (Phi) is 5.47. The van der Waals surface area contributed by atoms with E-state index >= 15 is 0 Å². The minimum absolute atomic E-state index is 0.0884. The Bertz CT molecular complexity index is 365. The molecule has 2 aliphatic rings. The number of halogens is 1. The molecule has 2 amide bonds. The maximum Gasteiger partial charge on any atom is 0.242 e. The topological polar surface area (TPSA) is 40.6 Å². The predicted octanol–water partition coefficient (Wildman–Crippen LogP) is 2.41. The summed E-state index contributed by atoms with van der Waals surface area (Å²) >= 11 is 3.66. The molecule has 0 unspecified atom stereocenters. The smallest absolute Gasteiger partial charge is 0.242 e. The SMILES string of the molecule is CCN1CC(=O)N(CC2(CBr)CCCCCC2)CC1=O. The van der Waals surface area contributed by atoms with Gasteiger partial charge in [-0.05, 0) is 25.2 Å². The molecule has 0 aromatic carbocycles. The van der Waals surface area contributed by atoms with Crippen molar-refractivity contribution < 1.29 is 9.59 Å². The molecule has 0 radical (unpaired) electrons. The van der Waals surface area contributed by atoms with Crippen molar-refractivity contribution in [3.8, 4) is 0 Å². The van der Waals surface area contributed by atoms with Crippen molar-refractivity contribution in [2.75, 3.05) is 31.5 Å². The Hall–Kier alpha value is -0.580. The van der Waals surface area contributed by atoms with Gasteiger partial charge in [0, 0.05) is 18.4 Å². The van der Waals surface area contributed by atoms with Crippen LogP contribution in [0, 0.1) is 5.41 Å². The summed E-state index contributed by atoms with van der Waals surface area (Å²) in [6.45, 7) is 3.81. The highest BCUT2D eigenvalue weighted by Gasteiger charge is 2.37. The largest absolute Gasteiger partial charge is 0.332 e. The van der Waals surface area contributed by atoms with Crippen molar-refractivity contribution in [1.82, 2.24) is 9.80 Å². The molecule has 4 nitrogen and oxygen atoms in total. The van der Waals surface area contributed by atoms with Gasteiger partial charge < -0.3 is 9.80 Å². The van der Waals surface area contributed by atoms with Gasteiger partial charge >= 0.3 is 0 Å². The van der Waals surface area contributed by atoms with E-state index in [2.05, 4.69) is 15.9 Å². The molecule has 1 heterocycles. The fourth-order valence-corrected chi connectivity index (χ4v) is 4.09. The average molecular weight is 345 g/mol. The first-order valence-electron chi connectivity index (χ1n) is 7.72. The van der Waals surface area contributed by atoms with Gasteiger partial charge in [-0.15, -0.1) is 0 Å². The highest BCUT2D eigenvalue weighted by atomic mass is 79.9. The number of rotatable bonds is 4. The molecule has 1 aliphatic carbocycles. The summed E-state index contributed by atoms with van der Waals surface area (Å²) in [5.74, 6) is 0.196. The minimum Gasteiger partial charge on any atom is -0.332 e. The number of piperazine rings is 1. The zero-order chi connectivity index (χ0) is 14.6. The summed E-state index contributed by atoms with van der Waals surface area (Å²) in [7, 11) is 0. The van der Waals surface area contributed by atoms with Crippen LogP contribution in [0.3, 0.4) is 0 Å². The Labute approximate surface area is 130 Å². The number of carbonyl (C=O) groups excluding carboxylic acids is 2. The molecule has 0 aromatic rings. The minimum atomic E-state index is 0.0884. The summed E-state index contributed by atoms with van der Waals surface area (Å²) in [5, 5.41) is 0.926. The van der Waals surface area contributed by atoms with Crippen LogP contribution in [0.2, 0.25) is 0 Å². The fourth-order valence-electron chi connectivity index (χ4n) is 3.35. The van der Waals surface area contributed by atoms with Crippen molar-refractivity contribution in [1.29, 1.82) is 0 Å². The van der Waals surface area contributed by atoms with Gasteiger partial charge in [-0.2, -0.15) is 0 Å². The summed E-state index contributed by atoms with van der Waals surface area (Å²) in [6, 6.07) is 0. The Morgan fingerprint density at radius 3 is 2.10 bits per heavy atom. The summed E-state index contributed by atoms with van der Waals surface area (Å²) in [6.07, 6.45) is 7.39. The molecule has 1 aliphatic heterocycles. The van der Waals surface area contributed by atoms with Gasteiger partial charge in [0.15, 0.2) is 0 Å². The maximum absolute atomic E-state index is 12.2. The first kappa shape index (κ1) is 15.8. The molecule has 5 heteroatoms. The van der Waals surface area contributed by atoms with Gasteiger partial charge in [0.25, 0.3) is 0 Å². The lowest BCUT2D eigenvalue weighted by Gasteiger charge is -2.40. The second kappa shape index (κ2) is 6.92. The first-order valence-corrected chi connectivity index (χ1v) is 8.84. The number of amides is 2. The summed E-state index contributed by atoms with van der Waals surface area (Å²) in [4.78, 5) is 27.7. The van der Waals surface area contributed by atoms with Crippen LogP contribution in [0.1, 0.15) is 45.4 Å². The number of alkyl halides is 1. The Morgan fingerprint density at radius 1 is 1.00 bits per heavy atom. The number of carbonyl (C=O) groups is 2. The second-order valence-electron chi connectivity index (χ2n) is 6.21. The van der Waals surface area contributed by atoms with Crippen molar-refractivity contribution in [2.24, 2.45) is 5.41 Å².